The minimum absolute atomic E-state index is 0.120. The Bertz CT molecular complexity index is 696. The van der Waals surface area contributed by atoms with Gasteiger partial charge in [0.1, 0.15) is 5.75 Å². The maximum absolute atomic E-state index is 12.0. The lowest BCUT2D eigenvalue weighted by molar-refractivity contribution is -0.118. The predicted octanol–water partition coefficient (Wildman–Crippen LogP) is 5.23. The van der Waals surface area contributed by atoms with E-state index in [4.69, 9.17) is 27.9 Å². The number of nitrogens with one attached hydrogen (secondary N) is 1. The molecule has 0 atom stereocenters. The van der Waals surface area contributed by atoms with Crippen molar-refractivity contribution in [3.05, 3.63) is 55.1 Å². The summed E-state index contributed by atoms with van der Waals surface area (Å²) < 4.78 is 6.60. The van der Waals surface area contributed by atoms with Crippen molar-refractivity contribution in [1.29, 1.82) is 0 Å². The number of amides is 1. The normalized spacial score (nSPS) is 10.4. The number of hydrogen-bond donors (Lipinski definition) is 1. The smallest absolute Gasteiger partial charge is 0.262 e. The van der Waals surface area contributed by atoms with Gasteiger partial charge in [0.05, 0.1) is 5.02 Å². The summed E-state index contributed by atoms with van der Waals surface area (Å²) in [7, 11) is 0. The molecule has 0 saturated heterocycles. The average Bonchev–Trinajstić information content (AvgIpc) is 2.43. The van der Waals surface area contributed by atoms with Gasteiger partial charge in [-0.25, -0.2) is 0 Å². The molecule has 0 aromatic heterocycles. The van der Waals surface area contributed by atoms with Crippen molar-refractivity contribution in [2.24, 2.45) is 0 Å². The minimum atomic E-state index is -0.244. The quantitative estimate of drug-likeness (QED) is 0.648. The maximum Gasteiger partial charge on any atom is 0.262 e. The van der Waals surface area contributed by atoms with Crippen molar-refractivity contribution in [1.82, 2.24) is 0 Å². The van der Waals surface area contributed by atoms with Crippen molar-refractivity contribution in [2.75, 3.05) is 11.9 Å². The molecule has 0 aliphatic heterocycles. The summed E-state index contributed by atoms with van der Waals surface area (Å²) in [6.07, 6.45) is 0. The van der Waals surface area contributed by atoms with E-state index in [0.29, 0.717) is 15.8 Å². The Labute approximate surface area is 153 Å². The first-order valence-corrected chi connectivity index (χ1v) is 8.34. The van der Waals surface area contributed by atoms with Gasteiger partial charge >= 0.3 is 0 Å². The minimum Gasteiger partial charge on any atom is -0.482 e. The second kappa shape index (κ2) is 7.53. The summed E-state index contributed by atoms with van der Waals surface area (Å²) in [5.41, 5.74) is 3.00. The molecule has 2 aromatic carbocycles. The summed E-state index contributed by atoms with van der Waals surface area (Å²) in [5.74, 6) is 0.183. The molecule has 3 nitrogen and oxygen atoms in total. The molecule has 116 valence electrons. The fourth-order valence-electron chi connectivity index (χ4n) is 1.95. The zero-order chi connectivity index (χ0) is 16.3. The molecule has 1 N–H and O–H groups in total. The molecule has 0 aliphatic carbocycles. The molecule has 0 saturated carbocycles. The molecular weight excluding hydrogens is 436 g/mol. The van der Waals surface area contributed by atoms with Crippen molar-refractivity contribution < 1.29 is 9.53 Å². The van der Waals surface area contributed by atoms with Crippen LogP contribution in [0, 0.1) is 17.4 Å². The standard InChI is InChI=1S/C16H14Cl2INO2/c1-9-5-12(6-10(2)16(9)19)20-15(21)8-22-14-4-3-11(17)7-13(14)18/h3-7H,8H2,1-2H3,(H,20,21). The van der Waals surface area contributed by atoms with Crippen molar-refractivity contribution >= 4 is 57.4 Å². The molecular formula is C16H14Cl2INO2. The summed E-state index contributed by atoms with van der Waals surface area (Å²) in [4.78, 5) is 12.0. The first kappa shape index (κ1) is 17.4. The van der Waals surface area contributed by atoms with Gasteiger partial charge in [-0.1, -0.05) is 23.2 Å². The topological polar surface area (TPSA) is 38.3 Å². The lowest BCUT2D eigenvalue weighted by atomic mass is 10.1. The van der Waals surface area contributed by atoms with Gasteiger partial charge in [-0.15, -0.1) is 0 Å². The number of halogens is 3. The SMILES string of the molecule is Cc1cc(NC(=O)COc2ccc(Cl)cc2Cl)cc(C)c1I. The van der Waals surface area contributed by atoms with Gasteiger partial charge in [0, 0.05) is 14.3 Å². The zero-order valence-corrected chi connectivity index (χ0v) is 15.7. The fraction of sp³-hybridized carbons (Fsp3) is 0.188. The van der Waals surface area contributed by atoms with Gasteiger partial charge in [0.15, 0.2) is 6.61 Å². The number of benzene rings is 2. The molecule has 0 unspecified atom stereocenters. The van der Waals surface area contributed by atoms with E-state index in [1.165, 1.54) is 3.57 Å². The number of ether oxygens (including phenoxy) is 1. The van der Waals surface area contributed by atoms with Crippen LogP contribution in [0.4, 0.5) is 5.69 Å². The Hall–Kier alpha value is -0.980. The van der Waals surface area contributed by atoms with Crippen LogP contribution < -0.4 is 10.1 Å². The van der Waals surface area contributed by atoms with Crippen LogP contribution in [0.3, 0.4) is 0 Å². The fourth-order valence-corrected chi connectivity index (χ4v) is 2.73. The monoisotopic (exact) mass is 449 g/mol. The molecule has 2 rings (SSSR count). The molecule has 1 amide bonds. The molecule has 0 radical (unpaired) electrons. The van der Waals surface area contributed by atoms with Crippen LogP contribution in [-0.2, 0) is 4.79 Å². The van der Waals surface area contributed by atoms with E-state index in [1.807, 2.05) is 26.0 Å². The van der Waals surface area contributed by atoms with Gasteiger partial charge < -0.3 is 10.1 Å². The summed E-state index contributed by atoms with van der Waals surface area (Å²) >= 11 is 14.1. The second-order valence-electron chi connectivity index (χ2n) is 4.84. The van der Waals surface area contributed by atoms with Crippen LogP contribution in [0.25, 0.3) is 0 Å². The number of rotatable bonds is 4. The van der Waals surface area contributed by atoms with E-state index in [9.17, 15) is 4.79 Å². The second-order valence-corrected chi connectivity index (χ2v) is 6.76. The number of hydrogen-bond acceptors (Lipinski definition) is 2. The Kier molecular flexibility index (Phi) is 5.94. The summed E-state index contributed by atoms with van der Waals surface area (Å²) in [5, 5.41) is 3.71. The third-order valence-electron chi connectivity index (χ3n) is 2.97. The van der Waals surface area contributed by atoms with Crippen LogP contribution in [0.1, 0.15) is 11.1 Å². The van der Waals surface area contributed by atoms with Crippen LogP contribution in [0.5, 0.6) is 5.75 Å². The van der Waals surface area contributed by atoms with Gasteiger partial charge in [-0.05, 0) is 77.9 Å². The number of carbonyl (C=O) groups excluding carboxylic acids is 1. The lowest BCUT2D eigenvalue weighted by Crippen LogP contribution is -2.20. The molecule has 22 heavy (non-hydrogen) atoms. The van der Waals surface area contributed by atoms with Crippen molar-refractivity contribution in [3.63, 3.8) is 0 Å². The van der Waals surface area contributed by atoms with Crippen LogP contribution >= 0.6 is 45.8 Å². The molecule has 0 heterocycles. The molecule has 0 bridgehead atoms. The predicted molar refractivity (Wildman–Crippen MR) is 99.2 cm³/mol. The van der Waals surface area contributed by atoms with Gasteiger partial charge in [0.25, 0.3) is 5.91 Å². The Morgan fingerprint density at radius 1 is 1.18 bits per heavy atom. The third kappa shape index (κ3) is 4.51. The summed E-state index contributed by atoms with van der Waals surface area (Å²) in [6.45, 7) is 3.90. The number of carbonyl (C=O) groups is 1. The van der Waals surface area contributed by atoms with Gasteiger partial charge in [0.2, 0.25) is 0 Å². The first-order chi connectivity index (χ1) is 10.4. The van der Waals surface area contributed by atoms with Crippen LogP contribution in [0.15, 0.2) is 30.3 Å². The Morgan fingerprint density at radius 3 is 2.41 bits per heavy atom. The van der Waals surface area contributed by atoms with Gasteiger partial charge in [-0.3, -0.25) is 4.79 Å². The van der Waals surface area contributed by atoms with Crippen LogP contribution in [-0.4, -0.2) is 12.5 Å². The third-order valence-corrected chi connectivity index (χ3v) is 5.20. The number of aryl methyl sites for hydroxylation is 2. The number of anilines is 1. The van der Waals surface area contributed by atoms with E-state index >= 15 is 0 Å². The van der Waals surface area contributed by atoms with E-state index in [2.05, 4.69) is 27.9 Å². The zero-order valence-electron chi connectivity index (χ0n) is 12.0. The molecule has 0 aliphatic rings. The Morgan fingerprint density at radius 2 is 1.82 bits per heavy atom. The van der Waals surface area contributed by atoms with E-state index in [1.54, 1.807) is 18.2 Å². The highest BCUT2D eigenvalue weighted by Gasteiger charge is 2.09. The highest BCUT2D eigenvalue weighted by Crippen LogP contribution is 2.27. The largest absolute Gasteiger partial charge is 0.482 e. The van der Waals surface area contributed by atoms with E-state index < -0.39 is 0 Å². The van der Waals surface area contributed by atoms with Crippen molar-refractivity contribution in [3.8, 4) is 5.75 Å². The van der Waals surface area contributed by atoms with Gasteiger partial charge in [-0.2, -0.15) is 0 Å². The maximum atomic E-state index is 12.0. The van der Waals surface area contributed by atoms with E-state index in [0.717, 1.165) is 16.8 Å². The molecule has 0 spiro atoms. The lowest BCUT2D eigenvalue weighted by Gasteiger charge is -2.11. The van der Waals surface area contributed by atoms with Crippen molar-refractivity contribution in [2.45, 2.75) is 13.8 Å². The highest BCUT2D eigenvalue weighted by atomic mass is 127. The molecule has 0 fully saturated rings. The molecule has 6 heteroatoms. The highest BCUT2D eigenvalue weighted by molar-refractivity contribution is 14.1. The van der Waals surface area contributed by atoms with Crippen LogP contribution in [0.2, 0.25) is 10.0 Å². The molecule has 2 aromatic rings. The Balaban J connectivity index is 1.99. The first-order valence-electron chi connectivity index (χ1n) is 6.51. The van der Waals surface area contributed by atoms with E-state index in [-0.39, 0.29) is 12.5 Å². The summed E-state index contributed by atoms with van der Waals surface area (Å²) in [6, 6.07) is 8.73. The average molecular weight is 450 g/mol.